The van der Waals surface area contributed by atoms with Gasteiger partial charge in [0.1, 0.15) is 5.65 Å². The van der Waals surface area contributed by atoms with Crippen LogP contribution in [0.4, 0.5) is 5.82 Å². The molecule has 9 heteroatoms. The molecule has 3 aromatic heterocycles. The highest BCUT2D eigenvalue weighted by Crippen LogP contribution is 2.27. The van der Waals surface area contributed by atoms with Crippen molar-refractivity contribution in [3.05, 3.63) is 87.5 Å². The first kappa shape index (κ1) is 19.3. The van der Waals surface area contributed by atoms with Gasteiger partial charge in [0, 0.05) is 30.2 Å². The van der Waals surface area contributed by atoms with Gasteiger partial charge >= 0.3 is 0 Å². The highest BCUT2D eigenvalue weighted by molar-refractivity contribution is 5.88. The van der Waals surface area contributed by atoms with Crippen LogP contribution in [0.3, 0.4) is 0 Å². The van der Waals surface area contributed by atoms with E-state index in [-0.39, 0.29) is 5.56 Å². The molecule has 164 valence electrons. The predicted octanol–water partition coefficient (Wildman–Crippen LogP) is 2.31. The molecule has 0 saturated carbocycles. The standard InChI is InChI=1S/C24H20N6O3/c25-22-19-7-6-17(11-21(19)33-27-22)29-23-16(10-15-4-2-1-3-5-15)12-26-30(23)20-13-28(14-31)9-8-18(20)24(29)32/h1-7,11-12,14H,8-10,13H2,(H2,25,27). The van der Waals surface area contributed by atoms with Crippen molar-refractivity contribution in [3.8, 4) is 5.69 Å². The summed E-state index contributed by atoms with van der Waals surface area (Å²) in [6, 6.07) is 15.4. The number of hydrogen-bond acceptors (Lipinski definition) is 6. The third-order valence-electron chi connectivity index (χ3n) is 6.22. The summed E-state index contributed by atoms with van der Waals surface area (Å²) in [5.41, 5.74) is 11.0. The van der Waals surface area contributed by atoms with E-state index in [1.807, 2.05) is 36.4 Å². The summed E-state index contributed by atoms with van der Waals surface area (Å²) >= 11 is 0. The zero-order chi connectivity index (χ0) is 22.5. The molecule has 0 radical (unpaired) electrons. The number of hydrogen-bond donors (Lipinski definition) is 1. The first-order valence-corrected chi connectivity index (χ1v) is 10.7. The molecular formula is C24H20N6O3. The summed E-state index contributed by atoms with van der Waals surface area (Å²) in [6.45, 7) is 0.836. The van der Waals surface area contributed by atoms with E-state index in [0.29, 0.717) is 59.6 Å². The second-order valence-electron chi connectivity index (χ2n) is 8.21. The molecule has 9 nitrogen and oxygen atoms in total. The van der Waals surface area contributed by atoms with Crippen LogP contribution in [0.1, 0.15) is 22.4 Å². The van der Waals surface area contributed by atoms with E-state index in [9.17, 15) is 9.59 Å². The number of fused-ring (bicyclic) bond motifs is 4. The van der Waals surface area contributed by atoms with E-state index < -0.39 is 0 Å². The van der Waals surface area contributed by atoms with Gasteiger partial charge in [0.2, 0.25) is 6.41 Å². The number of nitrogen functional groups attached to an aromatic ring is 1. The summed E-state index contributed by atoms with van der Waals surface area (Å²) in [6.07, 6.45) is 3.69. The Kier molecular flexibility index (Phi) is 4.29. The molecule has 0 fully saturated rings. The van der Waals surface area contributed by atoms with Gasteiger partial charge in [0.05, 0.1) is 29.5 Å². The van der Waals surface area contributed by atoms with Gasteiger partial charge in [0.25, 0.3) is 5.56 Å². The number of benzene rings is 2. The van der Waals surface area contributed by atoms with Crippen LogP contribution in [0, 0.1) is 0 Å². The average molecular weight is 440 g/mol. The number of carbonyl (C=O) groups is 1. The van der Waals surface area contributed by atoms with Crippen molar-refractivity contribution in [2.45, 2.75) is 19.4 Å². The molecule has 2 N–H and O–H groups in total. The van der Waals surface area contributed by atoms with Crippen LogP contribution in [0.25, 0.3) is 22.3 Å². The average Bonchev–Trinajstić information content (AvgIpc) is 3.43. The fraction of sp³-hybridized carbons (Fsp3) is 0.167. The van der Waals surface area contributed by atoms with E-state index in [1.54, 1.807) is 32.3 Å². The predicted molar refractivity (Wildman–Crippen MR) is 122 cm³/mol. The molecule has 1 aliphatic heterocycles. The minimum Gasteiger partial charge on any atom is -0.380 e. The number of aromatic nitrogens is 4. The normalized spacial score (nSPS) is 13.5. The molecule has 1 amide bonds. The van der Waals surface area contributed by atoms with Gasteiger partial charge in [-0.05, 0) is 24.1 Å². The third kappa shape index (κ3) is 3.00. The molecule has 0 spiro atoms. The van der Waals surface area contributed by atoms with E-state index in [1.165, 1.54) is 0 Å². The molecule has 6 rings (SSSR count). The van der Waals surface area contributed by atoms with Gasteiger partial charge in [0.15, 0.2) is 11.4 Å². The van der Waals surface area contributed by atoms with E-state index in [0.717, 1.165) is 23.2 Å². The van der Waals surface area contributed by atoms with Crippen molar-refractivity contribution in [2.75, 3.05) is 12.3 Å². The second-order valence-corrected chi connectivity index (χ2v) is 8.21. The van der Waals surface area contributed by atoms with E-state index in [2.05, 4.69) is 10.3 Å². The Bertz CT molecular complexity index is 1580. The van der Waals surface area contributed by atoms with Crippen molar-refractivity contribution < 1.29 is 9.32 Å². The molecule has 0 saturated heterocycles. The maximum Gasteiger partial charge on any atom is 0.261 e. The largest absolute Gasteiger partial charge is 0.380 e. The summed E-state index contributed by atoms with van der Waals surface area (Å²) in [5, 5.41) is 9.17. The summed E-state index contributed by atoms with van der Waals surface area (Å²) in [5.74, 6) is 0.308. The van der Waals surface area contributed by atoms with E-state index >= 15 is 0 Å². The Morgan fingerprint density at radius 1 is 1.15 bits per heavy atom. The SMILES string of the molecule is Nc1noc2cc(-n3c(=O)c4c(n5ncc(Cc6ccccc6)c35)CN(C=O)CC4)ccc12. The minimum atomic E-state index is -0.121. The van der Waals surface area contributed by atoms with Gasteiger partial charge in [-0.15, -0.1) is 0 Å². The quantitative estimate of drug-likeness (QED) is 0.429. The molecule has 0 aliphatic carbocycles. The second kappa shape index (κ2) is 7.33. The minimum absolute atomic E-state index is 0.121. The first-order chi connectivity index (χ1) is 16.1. The lowest BCUT2D eigenvalue weighted by Crippen LogP contribution is -2.37. The Labute approximate surface area is 187 Å². The smallest absolute Gasteiger partial charge is 0.261 e. The zero-order valence-corrected chi connectivity index (χ0v) is 17.6. The van der Waals surface area contributed by atoms with Crippen LogP contribution >= 0.6 is 0 Å². The Balaban J connectivity index is 1.64. The number of rotatable bonds is 4. The molecule has 33 heavy (non-hydrogen) atoms. The molecular weight excluding hydrogens is 420 g/mol. The topological polar surface area (TPSA) is 112 Å². The fourth-order valence-corrected chi connectivity index (χ4v) is 4.59. The highest BCUT2D eigenvalue weighted by atomic mass is 16.5. The lowest BCUT2D eigenvalue weighted by atomic mass is 10.0. The van der Waals surface area contributed by atoms with Crippen LogP contribution in [-0.4, -0.2) is 37.2 Å². The van der Waals surface area contributed by atoms with Crippen LogP contribution in [0.2, 0.25) is 0 Å². The highest BCUT2D eigenvalue weighted by Gasteiger charge is 2.26. The monoisotopic (exact) mass is 440 g/mol. The van der Waals surface area contributed by atoms with E-state index in [4.69, 9.17) is 10.3 Å². The zero-order valence-electron chi connectivity index (χ0n) is 17.6. The maximum atomic E-state index is 13.8. The van der Waals surface area contributed by atoms with Crippen LogP contribution < -0.4 is 11.3 Å². The number of carbonyl (C=O) groups excluding carboxylic acids is 1. The molecule has 1 aliphatic rings. The Morgan fingerprint density at radius 2 is 2.00 bits per heavy atom. The van der Waals surface area contributed by atoms with Crippen molar-refractivity contribution >= 4 is 28.8 Å². The third-order valence-corrected chi connectivity index (χ3v) is 6.22. The number of anilines is 1. The van der Waals surface area contributed by atoms with Gasteiger partial charge in [-0.1, -0.05) is 35.5 Å². The number of nitrogens with zero attached hydrogens (tertiary/aromatic N) is 5. The summed E-state index contributed by atoms with van der Waals surface area (Å²) < 4.78 is 8.83. The number of nitrogens with two attached hydrogens (primary N) is 1. The summed E-state index contributed by atoms with van der Waals surface area (Å²) in [4.78, 5) is 26.9. The fourth-order valence-electron chi connectivity index (χ4n) is 4.59. The van der Waals surface area contributed by atoms with Gasteiger partial charge in [-0.25, -0.2) is 4.52 Å². The first-order valence-electron chi connectivity index (χ1n) is 10.7. The van der Waals surface area contributed by atoms with Gasteiger partial charge < -0.3 is 15.2 Å². The lowest BCUT2D eigenvalue weighted by Gasteiger charge is -2.26. The molecule has 4 heterocycles. The Hall–Kier alpha value is -4.40. The van der Waals surface area contributed by atoms with Crippen LogP contribution in [0.5, 0.6) is 0 Å². The Morgan fingerprint density at radius 3 is 2.82 bits per heavy atom. The van der Waals surface area contributed by atoms with Gasteiger partial charge in [-0.3, -0.25) is 14.2 Å². The number of amides is 1. The molecule has 0 bridgehead atoms. The van der Waals surface area contributed by atoms with Gasteiger partial charge in [-0.2, -0.15) is 5.10 Å². The van der Waals surface area contributed by atoms with Crippen molar-refractivity contribution in [1.82, 2.24) is 24.2 Å². The van der Waals surface area contributed by atoms with Crippen molar-refractivity contribution in [3.63, 3.8) is 0 Å². The molecule has 5 aromatic rings. The van der Waals surface area contributed by atoms with Crippen molar-refractivity contribution in [2.24, 2.45) is 0 Å². The van der Waals surface area contributed by atoms with Crippen LogP contribution in [-0.2, 0) is 24.2 Å². The molecule has 2 aromatic carbocycles. The molecule has 0 atom stereocenters. The van der Waals surface area contributed by atoms with Crippen molar-refractivity contribution in [1.29, 1.82) is 0 Å². The lowest BCUT2D eigenvalue weighted by molar-refractivity contribution is -0.119. The summed E-state index contributed by atoms with van der Waals surface area (Å²) in [7, 11) is 0. The maximum absolute atomic E-state index is 13.8. The van der Waals surface area contributed by atoms with Crippen LogP contribution in [0.15, 0.2) is 64.0 Å². The molecule has 0 unspecified atom stereocenters.